The molecule has 262 valence electrons. The molecule has 1 aliphatic heterocycles. The van der Waals surface area contributed by atoms with E-state index in [2.05, 4.69) is 203 Å². The van der Waals surface area contributed by atoms with Gasteiger partial charge in [-0.3, -0.25) is 0 Å². The zero-order chi connectivity index (χ0) is 37.1. The second-order valence-electron chi connectivity index (χ2n) is 16.0. The summed E-state index contributed by atoms with van der Waals surface area (Å²) in [5.74, 6) is 1.77. The van der Waals surface area contributed by atoms with Crippen molar-refractivity contribution in [3.63, 3.8) is 0 Å². The minimum atomic E-state index is -1.46. The summed E-state index contributed by atoms with van der Waals surface area (Å²) in [5.41, 5.74) is 13.5. The summed E-state index contributed by atoms with van der Waals surface area (Å²) in [6.07, 6.45) is 0. The Balaban J connectivity index is 1.19. The molecule has 0 spiro atoms. The van der Waals surface area contributed by atoms with E-state index in [1.165, 1.54) is 65.4 Å². The SMILES string of the molecule is Cc1cc(C)c(B(c2ccccc2)c2ccc3c4c(cccc24)Oc2cc(N(c4ccc([Si](C)(C)C)cc4)c4ccc5ccccc5c4)ccc2-3)c(C)c1. The summed E-state index contributed by atoms with van der Waals surface area (Å²) in [5, 5.41) is 6.30. The van der Waals surface area contributed by atoms with Crippen molar-refractivity contribution in [3.05, 3.63) is 174 Å². The van der Waals surface area contributed by atoms with Crippen molar-refractivity contribution < 1.29 is 4.74 Å². The normalized spacial score (nSPS) is 12.0. The van der Waals surface area contributed by atoms with Crippen LogP contribution in [0, 0.1) is 20.8 Å². The highest BCUT2D eigenvalue weighted by molar-refractivity contribution is 6.97. The second kappa shape index (κ2) is 13.2. The summed E-state index contributed by atoms with van der Waals surface area (Å²) in [6, 6.07) is 58.1. The Morgan fingerprint density at radius 1 is 0.519 bits per heavy atom. The highest BCUT2D eigenvalue weighted by Crippen LogP contribution is 2.48. The van der Waals surface area contributed by atoms with Gasteiger partial charge in [0.2, 0.25) is 6.71 Å². The molecule has 0 saturated heterocycles. The first-order chi connectivity index (χ1) is 26.1. The van der Waals surface area contributed by atoms with Crippen LogP contribution in [0.15, 0.2) is 158 Å². The number of hydrogen-bond acceptors (Lipinski definition) is 2. The van der Waals surface area contributed by atoms with Gasteiger partial charge in [-0.15, -0.1) is 0 Å². The van der Waals surface area contributed by atoms with Crippen LogP contribution < -0.4 is 31.2 Å². The van der Waals surface area contributed by atoms with Crippen molar-refractivity contribution in [2.24, 2.45) is 0 Å². The summed E-state index contributed by atoms with van der Waals surface area (Å²) < 4.78 is 6.93. The largest absolute Gasteiger partial charge is 0.456 e. The number of nitrogens with zero attached hydrogens (tertiary/aromatic N) is 1. The summed E-state index contributed by atoms with van der Waals surface area (Å²) in [4.78, 5) is 2.36. The number of anilines is 3. The molecule has 0 aromatic heterocycles. The third-order valence-electron chi connectivity index (χ3n) is 11.2. The van der Waals surface area contributed by atoms with Crippen LogP contribution in [0.3, 0.4) is 0 Å². The first kappa shape index (κ1) is 34.0. The Morgan fingerprint density at radius 3 is 1.91 bits per heavy atom. The molecule has 4 heteroatoms. The number of fused-ring (bicyclic) bond motifs is 3. The first-order valence-electron chi connectivity index (χ1n) is 19.0. The quantitative estimate of drug-likeness (QED) is 0.153. The van der Waals surface area contributed by atoms with Crippen LogP contribution in [0.5, 0.6) is 11.5 Å². The third kappa shape index (κ3) is 5.92. The van der Waals surface area contributed by atoms with E-state index >= 15 is 0 Å². The van der Waals surface area contributed by atoms with Crippen LogP contribution >= 0.6 is 0 Å². The van der Waals surface area contributed by atoms with E-state index in [0.717, 1.165) is 34.1 Å². The standard InChI is InChI=1S/C50H44BNOSi/c1-33-29-34(2)50(35(3)30-33)51(38-15-8-7-9-16-38)46-28-27-44-43-26-23-41(32-48(43)53-47-18-12-17-45(46)49(44)47)52(39-21-24-42(25-22-39)54(4,5)6)40-20-19-36-13-10-11-14-37(36)31-40/h7-32H,1-6H3. The molecule has 0 bridgehead atoms. The van der Waals surface area contributed by atoms with Gasteiger partial charge in [0.25, 0.3) is 0 Å². The van der Waals surface area contributed by atoms with Gasteiger partial charge in [0.15, 0.2) is 0 Å². The van der Waals surface area contributed by atoms with Crippen molar-refractivity contribution in [1.82, 2.24) is 0 Å². The van der Waals surface area contributed by atoms with Gasteiger partial charge in [-0.1, -0.05) is 167 Å². The zero-order valence-electron chi connectivity index (χ0n) is 31.9. The van der Waals surface area contributed by atoms with E-state index in [9.17, 15) is 0 Å². The van der Waals surface area contributed by atoms with Gasteiger partial charge in [-0.25, -0.2) is 0 Å². The number of hydrogen-bond donors (Lipinski definition) is 0. The van der Waals surface area contributed by atoms with Crippen molar-refractivity contribution >= 4 is 75.0 Å². The van der Waals surface area contributed by atoms with E-state index in [4.69, 9.17) is 4.74 Å². The van der Waals surface area contributed by atoms with Crippen LogP contribution in [-0.4, -0.2) is 14.8 Å². The van der Waals surface area contributed by atoms with Crippen LogP contribution in [0.4, 0.5) is 17.1 Å². The van der Waals surface area contributed by atoms with E-state index in [0.29, 0.717) is 0 Å². The maximum Gasteiger partial charge on any atom is 0.242 e. The number of ether oxygens (including phenoxy) is 1. The molecule has 54 heavy (non-hydrogen) atoms. The lowest BCUT2D eigenvalue weighted by atomic mass is 9.35. The lowest BCUT2D eigenvalue weighted by Crippen LogP contribution is -2.54. The Bertz CT molecular complexity index is 2690. The molecule has 9 rings (SSSR count). The Labute approximate surface area is 320 Å². The molecule has 8 aromatic carbocycles. The summed E-state index contributed by atoms with van der Waals surface area (Å²) in [6.45, 7) is 14.0. The van der Waals surface area contributed by atoms with Crippen LogP contribution in [-0.2, 0) is 0 Å². The van der Waals surface area contributed by atoms with Gasteiger partial charge >= 0.3 is 0 Å². The maximum atomic E-state index is 6.93. The van der Waals surface area contributed by atoms with Gasteiger partial charge in [-0.05, 0) is 85.0 Å². The van der Waals surface area contributed by atoms with Crippen molar-refractivity contribution in [1.29, 1.82) is 0 Å². The van der Waals surface area contributed by atoms with Gasteiger partial charge < -0.3 is 9.64 Å². The molecular weight excluding hydrogens is 669 g/mol. The van der Waals surface area contributed by atoms with Crippen molar-refractivity contribution in [2.45, 2.75) is 40.4 Å². The smallest absolute Gasteiger partial charge is 0.242 e. The molecule has 2 nitrogen and oxygen atoms in total. The fraction of sp³-hybridized carbons (Fsp3) is 0.120. The minimum Gasteiger partial charge on any atom is -0.456 e. The van der Waals surface area contributed by atoms with Crippen LogP contribution in [0.1, 0.15) is 16.7 Å². The Hall–Kier alpha value is -5.84. The molecule has 0 aliphatic carbocycles. The predicted octanol–water partition coefficient (Wildman–Crippen LogP) is 11.2. The van der Waals surface area contributed by atoms with Crippen LogP contribution in [0.2, 0.25) is 19.6 Å². The third-order valence-corrected chi connectivity index (χ3v) is 13.3. The Kier molecular flexibility index (Phi) is 8.32. The molecule has 1 heterocycles. The molecule has 0 radical (unpaired) electrons. The van der Waals surface area contributed by atoms with Crippen LogP contribution in [0.25, 0.3) is 32.7 Å². The molecule has 0 saturated carbocycles. The Morgan fingerprint density at radius 2 is 1.17 bits per heavy atom. The summed E-state index contributed by atoms with van der Waals surface area (Å²) in [7, 11) is -1.46. The summed E-state index contributed by atoms with van der Waals surface area (Å²) >= 11 is 0. The van der Waals surface area contributed by atoms with Crippen molar-refractivity contribution in [2.75, 3.05) is 4.90 Å². The molecule has 8 aromatic rings. The lowest BCUT2D eigenvalue weighted by Gasteiger charge is -2.29. The zero-order valence-corrected chi connectivity index (χ0v) is 32.9. The molecular formula is C50H44BNOSi. The fourth-order valence-corrected chi connectivity index (χ4v) is 9.87. The highest BCUT2D eigenvalue weighted by atomic mass is 28.3. The van der Waals surface area contributed by atoms with Gasteiger partial charge in [0, 0.05) is 34.1 Å². The minimum absolute atomic E-state index is 0.0859. The van der Waals surface area contributed by atoms with E-state index < -0.39 is 8.07 Å². The fourth-order valence-electron chi connectivity index (χ4n) is 8.70. The monoisotopic (exact) mass is 713 g/mol. The average molecular weight is 714 g/mol. The first-order valence-corrected chi connectivity index (χ1v) is 22.5. The average Bonchev–Trinajstić information content (AvgIpc) is 3.17. The van der Waals surface area contributed by atoms with Gasteiger partial charge in [-0.2, -0.15) is 0 Å². The van der Waals surface area contributed by atoms with Gasteiger partial charge in [0.05, 0.1) is 8.07 Å². The molecule has 0 amide bonds. The highest BCUT2D eigenvalue weighted by Gasteiger charge is 2.30. The second-order valence-corrected chi connectivity index (χ2v) is 21.1. The van der Waals surface area contributed by atoms with E-state index in [-0.39, 0.29) is 6.71 Å². The van der Waals surface area contributed by atoms with Gasteiger partial charge in [0.1, 0.15) is 11.5 Å². The number of rotatable bonds is 7. The molecule has 1 aliphatic rings. The molecule has 0 atom stereocenters. The molecule has 0 fully saturated rings. The maximum absolute atomic E-state index is 6.93. The topological polar surface area (TPSA) is 12.5 Å². The molecule has 0 N–H and O–H groups in total. The molecule has 0 unspecified atom stereocenters. The van der Waals surface area contributed by atoms with E-state index in [1.807, 2.05) is 0 Å². The number of aryl methyl sites for hydroxylation is 3. The predicted molar refractivity (Wildman–Crippen MR) is 236 cm³/mol. The van der Waals surface area contributed by atoms with E-state index in [1.54, 1.807) is 0 Å². The van der Waals surface area contributed by atoms with Crippen molar-refractivity contribution in [3.8, 4) is 22.6 Å². The lowest BCUT2D eigenvalue weighted by molar-refractivity contribution is 0.487. The number of benzene rings is 8.